The van der Waals surface area contributed by atoms with Crippen molar-refractivity contribution in [3.8, 4) is 5.75 Å². The molecule has 0 aliphatic carbocycles. The Hall–Kier alpha value is -3.63. The van der Waals surface area contributed by atoms with E-state index in [2.05, 4.69) is 0 Å². The average Bonchev–Trinajstić information content (AvgIpc) is 3.39. The van der Waals surface area contributed by atoms with Crippen molar-refractivity contribution in [1.82, 2.24) is 4.90 Å². The van der Waals surface area contributed by atoms with Gasteiger partial charge >= 0.3 is 0 Å². The van der Waals surface area contributed by atoms with Crippen molar-refractivity contribution in [1.29, 1.82) is 0 Å². The molecular weight excluding hydrogens is 593 g/mol. The van der Waals surface area contributed by atoms with Crippen molar-refractivity contribution in [2.45, 2.75) is 24.5 Å². The summed E-state index contributed by atoms with van der Waals surface area (Å²) in [5, 5.41) is 9.84. The zero-order valence-electron chi connectivity index (χ0n) is 23.4. The topological polar surface area (TPSA) is 101 Å². The van der Waals surface area contributed by atoms with Crippen LogP contribution in [0.1, 0.15) is 29.2 Å². The molecule has 43 heavy (non-hydrogen) atoms. The zero-order valence-corrected chi connectivity index (χ0v) is 24.9. The maximum atomic E-state index is 14.7. The first kappa shape index (κ1) is 29.4. The second kappa shape index (κ2) is 12.5. The summed E-state index contributed by atoms with van der Waals surface area (Å²) in [7, 11) is 0. The van der Waals surface area contributed by atoms with Crippen LogP contribution in [-0.2, 0) is 25.5 Å². The fourth-order valence-electron chi connectivity index (χ4n) is 5.72. The van der Waals surface area contributed by atoms with Crippen LogP contribution in [0.25, 0.3) is 0 Å². The SMILES string of the molecule is O=C(CN1C(=O)[C@]2(Cc3ccccc31)N=C(c1ccc(OCCCO)cc1)O[C@@H]2c1ccc(Cl)cc1Cl)N1CCOCC1. The molecule has 2 atom stereocenters. The van der Waals surface area contributed by atoms with Crippen molar-refractivity contribution in [3.63, 3.8) is 0 Å². The number of hydrogen-bond donors (Lipinski definition) is 1. The first-order valence-electron chi connectivity index (χ1n) is 14.2. The molecule has 1 saturated heterocycles. The van der Waals surface area contributed by atoms with Crippen LogP contribution in [0.4, 0.5) is 5.69 Å². The number of aliphatic hydroxyl groups is 1. The van der Waals surface area contributed by atoms with E-state index in [4.69, 9.17) is 47.5 Å². The third-order valence-corrected chi connectivity index (χ3v) is 8.46. The number of morpholine rings is 1. The van der Waals surface area contributed by atoms with E-state index in [-0.39, 0.29) is 37.3 Å². The standard InChI is InChI=1S/C32H31Cl2N3O6/c33-23-8-11-25(26(34)18-23)29-32(35-30(43-29)21-6-9-24(10-7-21)42-15-3-14-38)19-22-4-1-2-5-27(22)37(31(32)40)20-28(39)36-12-16-41-17-13-36/h1-2,4-11,18,29,38H,3,12-17,19-20H2/t29-,32-/m1/s1. The third kappa shape index (κ3) is 5.82. The number of carbonyl (C=O) groups is 2. The number of aliphatic imine (C=N–C) groups is 1. The summed E-state index contributed by atoms with van der Waals surface area (Å²) in [4.78, 5) is 36.4. The number of nitrogens with zero attached hydrogens (tertiary/aromatic N) is 3. The molecule has 6 rings (SSSR count). The number of benzene rings is 3. The quantitative estimate of drug-likeness (QED) is 0.372. The Kier molecular flexibility index (Phi) is 8.59. The lowest BCUT2D eigenvalue weighted by Crippen LogP contribution is -2.58. The molecular formula is C32H31Cl2N3O6. The lowest BCUT2D eigenvalue weighted by Gasteiger charge is -2.41. The van der Waals surface area contributed by atoms with Crippen molar-refractivity contribution in [3.05, 3.63) is 93.5 Å². The first-order chi connectivity index (χ1) is 20.9. The predicted octanol–water partition coefficient (Wildman–Crippen LogP) is 4.46. The second-order valence-corrected chi connectivity index (χ2v) is 11.5. The van der Waals surface area contributed by atoms with Gasteiger partial charge < -0.3 is 29.1 Å². The van der Waals surface area contributed by atoms with Gasteiger partial charge in [-0.3, -0.25) is 9.59 Å². The highest BCUT2D eigenvalue weighted by molar-refractivity contribution is 6.35. The smallest absolute Gasteiger partial charge is 0.260 e. The third-order valence-electron chi connectivity index (χ3n) is 7.90. The number of aliphatic hydroxyl groups excluding tert-OH is 1. The molecule has 1 spiro atoms. The van der Waals surface area contributed by atoms with Crippen LogP contribution in [0.2, 0.25) is 10.0 Å². The van der Waals surface area contributed by atoms with Gasteiger partial charge in [-0.1, -0.05) is 47.5 Å². The van der Waals surface area contributed by atoms with Gasteiger partial charge in [0.1, 0.15) is 12.3 Å². The second-order valence-electron chi connectivity index (χ2n) is 10.6. The molecule has 1 N–H and O–H groups in total. The highest BCUT2D eigenvalue weighted by Crippen LogP contribution is 2.49. The summed E-state index contributed by atoms with van der Waals surface area (Å²) >= 11 is 12.9. The first-order valence-corrected chi connectivity index (χ1v) is 15.0. The fourth-order valence-corrected chi connectivity index (χ4v) is 6.23. The van der Waals surface area contributed by atoms with Crippen molar-refractivity contribution < 1.29 is 28.9 Å². The molecule has 3 aromatic carbocycles. The van der Waals surface area contributed by atoms with E-state index in [0.29, 0.717) is 71.9 Å². The molecule has 9 nitrogen and oxygen atoms in total. The maximum absolute atomic E-state index is 14.7. The molecule has 3 aromatic rings. The Labute approximate surface area is 259 Å². The van der Waals surface area contributed by atoms with Gasteiger partial charge in [-0.15, -0.1) is 0 Å². The lowest BCUT2D eigenvalue weighted by atomic mass is 9.78. The lowest BCUT2D eigenvalue weighted by molar-refractivity contribution is -0.136. The van der Waals surface area contributed by atoms with E-state index in [1.165, 1.54) is 4.90 Å². The molecule has 2 amide bonds. The zero-order chi connectivity index (χ0) is 30.0. The minimum Gasteiger partial charge on any atom is -0.494 e. The monoisotopic (exact) mass is 623 g/mol. The number of anilines is 1. The van der Waals surface area contributed by atoms with Gasteiger partial charge in [0.15, 0.2) is 11.6 Å². The van der Waals surface area contributed by atoms with E-state index in [0.717, 1.165) is 5.56 Å². The van der Waals surface area contributed by atoms with Crippen LogP contribution < -0.4 is 9.64 Å². The minimum absolute atomic E-state index is 0.0473. The fraction of sp³-hybridized carbons (Fsp3) is 0.344. The van der Waals surface area contributed by atoms with E-state index < -0.39 is 11.6 Å². The number of ether oxygens (including phenoxy) is 3. The van der Waals surface area contributed by atoms with Crippen LogP contribution in [0, 0.1) is 0 Å². The van der Waals surface area contributed by atoms with Crippen LogP contribution in [-0.4, -0.2) is 79.3 Å². The number of para-hydroxylation sites is 1. The van der Waals surface area contributed by atoms with Crippen LogP contribution >= 0.6 is 23.2 Å². The van der Waals surface area contributed by atoms with E-state index in [1.807, 2.05) is 36.4 Å². The molecule has 3 aliphatic rings. The van der Waals surface area contributed by atoms with E-state index in [9.17, 15) is 9.59 Å². The summed E-state index contributed by atoms with van der Waals surface area (Å²) in [6.45, 7) is 2.17. The van der Waals surface area contributed by atoms with Gasteiger partial charge in [0.05, 0.1) is 19.8 Å². The van der Waals surface area contributed by atoms with Crippen LogP contribution in [0.15, 0.2) is 71.7 Å². The Morgan fingerprint density at radius 3 is 2.58 bits per heavy atom. The largest absolute Gasteiger partial charge is 0.494 e. The molecule has 1 fully saturated rings. The van der Waals surface area contributed by atoms with E-state index in [1.54, 1.807) is 35.2 Å². The number of hydrogen-bond acceptors (Lipinski definition) is 7. The summed E-state index contributed by atoms with van der Waals surface area (Å²) in [5.74, 6) is 0.413. The van der Waals surface area contributed by atoms with Gasteiger partial charge in [-0.2, -0.15) is 0 Å². The molecule has 3 heterocycles. The number of halogens is 2. The number of amides is 2. The van der Waals surface area contributed by atoms with Crippen molar-refractivity contribution >= 4 is 46.6 Å². The number of carbonyl (C=O) groups excluding carboxylic acids is 2. The molecule has 0 aromatic heterocycles. The Bertz CT molecular complexity index is 1540. The number of rotatable bonds is 8. The van der Waals surface area contributed by atoms with Gasteiger partial charge in [0.2, 0.25) is 11.8 Å². The highest BCUT2D eigenvalue weighted by Gasteiger charge is 2.58. The van der Waals surface area contributed by atoms with Crippen molar-refractivity contribution in [2.24, 2.45) is 4.99 Å². The predicted molar refractivity (Wildman–Crippen MR) is 163 cm³/mol. The van der Waals surface area contributed by atoms with E-state index >= 15 is 0 Å². The van der Waals surface area contributed by atoms with Gasteiger partial charge in [-0.25, -0.2) is 4.99 Å². The van der Waals surface area contributed by atoms with Crippen LogP contribution in [0.3, 0.4) is 0 Å². The highest BCUT2D eigenvalue weighted by atomic mass is 35.5. The van der Waals surface area contributed by atoms with Crippen LogP contribution in [0.5, 0.6) is 5.75 Å². The van der Waals surface area contributed by atoms with Crippen molar-refractivity contribution in [2.75, 3.05) is 51.0 Å². The van der Waals surface area contributed by atoms with Gasteiger partial charge in [0, 0.05) is 59.4 Å². The molecule has 224 valence electrons. The average molecular weight is 625 g/mol. The van der Waals surface area contributed by atoms with Gasteiger partial charge in [-0.05, 0) is 48.0 Å². The molecule has 0 saturated carbocycles. The van der Waals surface area contributed by atoms with Gasteiger partial charge in [0.25, 0.3) is 5.91 Å². The molecule has 11 heteroatoms. The Morgan fingerprint density at radius 1 is 1.07 bits per heavy atom. The minimum atomic E-state index is -1.43. The Balaban J connectivity index is 1.41. The Morgan fingerprint density at radius 2 is 1.84 bits per heavy atom. The summed E-state index contributed by atoms with van der Waals surface area (Å²) in [5.41, 5.74) is 1.34. The normalized spacial score (nSPS) is 21.4. The summed E-state index contributed by atoms with van der Waals surface area (Å²) in [6.07, 6.45) is -0.105. The maximum Gasteiger partial charge on any atom is 0.260 e. The summed E-state index contributed by atoms with van der Waals surface area (Å²) in [6, 6.07) is 19.8. The molecule has 0 radical (unpaired) electrons. The molecule has 3 aliphatic heterocycles. The number of fused-ring (bicyclic) bond motifs is 1. The molecule has 0 unspecified atom stereocenters. The molecule has 0 bridgehead atoms. The summed E-state index contributed by atoms with van der Waals surface area (Å²) < 4.78 is 17.6.